The Morgan fingerprint density at radius 2 is 1.83 bits per heavy atom. The van der Waals surface area contributed by atoms with Crippen molar-refractivity contribution >= 4 is 11.5 Å². The molecule has 0 fully saturated rings. The molecule has 0 atom stereocenters. The number of unbranched alkanes of at least 4 members (excludes halogenated alkanes) is 2. The van der Waals surface area contributed by atoms with Gasteiger partial charge < -0.3 is 14.2 Å². The van der Waals surface area contributed by atoms with Gasteiger partial charge in [0.05, 0.1) is 21.3 Å². The van der Waals surface area contributed by atoms with Crippen LogP contribution in [-0.2, 0) is 9.53 Å². The molecule has 0 saturated heterocycles. The molecule has 126 valence electrons. The molecule has 4 nitrogen and oxygen atoms in total. The molecule has 0 aliphatic heterocycles. The summed E-state index contributed by atoms with van der Waals surface area (Å²) in [4.78, 5) is 11.2. The molecule has 0 N–H and O–H groups in total. The molecule has 1 aromatic carbocycles. The van der Waals surface area contributed by atoms with Crippen molar-refractivity contribution in [2.24, 2.45) is 0 Å². The van der Waals surface area contributed by atoms with Crippen LogP contribution in [-0.4, -0.2) is 27.3 Å². The third kappa shape index (κ3) is 6.19. The number of allylic oxidation sites excluding steroid dienone is 3. The molecule has 0 bridgehead atoms. The Morgan fingerprint density at radius 1 is 1.09 bits per heavy atom. The van der Waals surface area contributed by atoms with Crippen molar-refractivity contribution in [1.82, 2.24) is 0 Å². The molecule has 0 aliphatic rings. The fourth-order valence-electron chi connectivity index (χ4n) is 2.24. The molecule has 0 radical (unpaired) electrons. The number of carbonyl (C=O) groups excluding carboxylic acids is 1. The molecule has 0 unspecified atom stereocenters. The number of benzene rings is 1. The fraction of sp³-hybridized carbons (Fsp3) is 0.421. The zero-order chi connectivity index (χ0) is 17.1. The van der Waals surface area contributed by atoms with Crippen molar-refractivity contribution < 1.29 is 19.0 Å². The van der Waals surface area contributed by atoms with Gasteiger partial charge in [-0.2, -0.15) is 0 Å². The summed E-state index contributed by atoms with van der Waals surface area (Å²) in [7, 11) is 4.61. The van der Waals surface area contributed by atoms with Crippen molar-refractivity contribution in [3.05, 3.63) is 42.0 Å². The van der Waals surface area contributed by atoms with Gasteiger partial charge >= 0.3 is 5.97 Å². The molecule has 1 rings (SSSR count). The number of esters is 1. The van der Waals surface area contributed by atoms with E-state index in [9.17, 15) is 4.79 Å². The lowest BCUT2D eigenvalue weighted by atomic mass is 9.98. The Balaban J connectivity index is 3.05. The van der Waals surface area contributed by atoms with Crippen molar-refractivity contribution in [2.75, 3.05) is 21.3 Å². The third-order valence-corrected chi connectivity index (χ3v) is 3.53. The number of carbonyl (C=O) groups is 1. The average molecular weight is 318 g/mol. The van der Waals surface area contributed by atoms with Gasteiger partial charge in [0.25, 0.3) is 0 Å². The predicted octanol–water partition coefficient (Wildman–Crippen LogP) is 4.40. The molecule has 0 amide bonds. The highest BCUT2D eigenvalue weighted by Crippen LogP contribution is 2.32. The monoisotopic (exact) mass is 318 g/mol. The Morgan fingerprint density at radius 3 is 2.43 bits per heavy atom. The predicted molar refractivity (Wildman–Crippen MR) is 92.8 cm³/mol. The van der Waals surface area contributed by atoms with Crippen LogP contribution in [0.1, 0.15) is 38.2 Å². The quantitative estimate of drug-likeness (QED) is 0.293. The van der Waals surface area contributed by atoms with Crippen LogP contribution in [0, 0.1) is 0 Å². The van der Waals surface area contributed by atoms with E-state index >= 15 is 0 Å². The number of ether oxygens (including phenoxy) is 3. The summed E-state index contributed by atoms with van der Waals surface area (Å²) in [6, 6.07) is 5.86. The average Bonchev–Trinajstić information content (AvgIpc) is 2.59. The topological polar surface area (TPSA) is 44.8 Å². The highest BCUT2D eigenvalue weighted by molar-refractivity contribution is 5.82. The van der Waals surface area contributed by atoms with E-state index in [1.54, 1.807) is 20.3 Å². The van der Waals surface area contributed by atoms with Crippen molar-refractivity contribution in [1.29, 1.82) is 0 Å². The molecular weight excluding hydrogens is 292 g/mol. The van der Waals surface area contributed by atoms with Gasteiger partial charge in [-0.05, 0) is 36.1 Å². The molecule has 0 spiro atoms. The lowest BCUT2D eigenvalue weighted by molar-refractivity contribution is -0.134. The Hall–Kier alpha value is -2.23. The zero-order valence-corrected chi connectivity index (χ0v) is 14.4. The van der Waals surface area contributed by atoms with Crippen LogP contribution in [0.2, 0.25) is 0 Å². The smallest absolute Gasteiger partial charge is 0.330 e. The van der Waals surface area contributed by atoms with Crippen molar-refractivity contribution in [2.45, 2.75) is 32.6 Å². The highest BCUT2D eigenvalue weighted by atomic mass is 16.5. The van der Waals surface area contributed by atoms with E-state index < -0.39 is 0 Å². The summed E-state index contributed by atoms with van der Waals surface area (Å²) in [5.74, 6) is 1.04. The standard InChI is InChI=1S/C19H26O4/c1-5-6-7-9-15(10-8-11-19(20)23-4)16-12-13-17(21-2)18(14-16)22-3/h8,10-14H,5-7,9H2,1-4H3. The normalized spacial score (nSPS) is 11.6. The second kappa shape index (κ2) is 10.5. The van der Waals surface area contributed by atoms with Gasteiger partial charge in [-0.25, -0.2) is 4.79 Å². The summed E-state index contributed by atoms with van der Waals surface area (Å²) in [6.45, 7) is 2.18. The molecule has 23 heavy (non-hydrogen) atoms. The van der Waals surface area contributed by atoms with Crippen LogP contribution >= 0.6 is 0 Å². The van der Waals surface area contributed by atoms with E-state index in [-0.39, 0.29) is 5.97 Å². The Labute approximate surface area is 138 Å². The van der Waals surface area contributed by atoms with Crippen LogP contribution in [0.5, 0.6) is 11.5 Å². The summed E-state index contributed by atoms with van der Waals surface area (Å²) in [5, 5.41) is 0. The lowest BCUT2D eigenvalue weighted by Gasteiger charge is -2.12. The van der Waals surface area contributed by atoms with Gasteiger partial charge in [0.1, 0.15) is 0 Å². The second-order valence-electron chi connectivity index (χ2n) is 5.10. The minimum atomic E-state index is -0.360. The largest absolute Gasteiger partial charge is 0.493 e. The number of methoxy groups -OCH3 is 3. The van der Waals surface area contributed by atoms with E-state index in [2.05, 4.69) is 11.7 Å². The van der Waals surface area contributed by atoms with Crippen LogP contribution < -0.4 is 9.47 Å². The summed E-state index contributed by atoms with van der Waals surface area (Å²) in [6.07, 6.45) is 9.47. The highest BCUT2D eigenvalue weighted by Gasteiger charge is 2.08. The van der Waals surface area contributed by atoms with E-state index in [0.29, 0.717) is 11.5 Å². The van der Waals surface area contributed by atoms with Gasteiger partial charge in [0, 0.05) is 6.08 Å². The second-order valence-corrected chi connectivity index (χ2v) is 5.10. The zero-order valence-electron chi connectivity index (χ0n) is 14.4. The third-order valence-electron chi connectivity index (χ3n) is 3.53. The van der Waals surface area contributed by atoms with Crippen molar-refractivity contribution in [3.8, 4) is 11.5 Å². The van der Waals surface area contributed by atoms with Crippen molar-refractivity contribution in [3.63, 3.8) is 0 Å². The maximum absolute atomic E-state index is 11.2. The lowest BCUT2D eigenvalue weighted by Crippen LogP contribution is -1.94. The van der Waals surface area contributed by atoms with Gasteiger partial charge in [-0.1, -0.05) is 38.0 Å². The first kappa shape index (κ1) is 18.8. The number of hydrogen-bond acceptors (Lipinski definition) is 4. The fourth-order valence-corrected chi connectivity index (χ4v) is 2.24. The Bertz CT molecular complexity index is 558. The first-order chi connectivity index (χ1) is 11.2. The maximum Gasteiger partial charge on any atom is 0.330 e. The maximum atomic E-state index is 11.2. The first-order valence-electron chi connectivity index (χ1n) is 7.83. The molecule has 0 saturated carbocycles. The van der Waals surface area contributed by atoms with E-state index in [1.165, 1.54) is 19.6 Å². The first-order valence-corrected chi connectivity index (χ1v) is 7.83. The van der Waals surface area contributed by atoms with Crippen LogP contribution in [0.4, 0.5) is 0 Å². The summed E-state index contributed by atoms with van der Waals surface area (Å²) >= 11 is 0. The summed E-state index contributed by atoms with van der Waals surface area (Å²) < 4.78 is 15.3. The van der Waals surface area contributed by atoms with E-state index in [1.807, 2.05) is 24.3 Å². The van der Waals surface area contributed by atoms with Crippen LogP contribution in [0.15, 0.2) is 36.4 Å². The summed E-state index contributed by atoms with van der Waals surface area (Å²) in [5.41, 5.74) is 2.22. The molecule has 1 aromatic rings. The molecule has 4 heteroatoms. The van der Waals surface area contributed by atoms with Gasteiger partial charge in [0.15, 0.2) is 11.5 Å². The van der Waals surface area contributed by atoms with E-state index in [4.69, 9.17) is 9.47 Å². The van der Waals surface area contributed by atoms with Gasteiger partial charge in [0.2, 0.25) is 0 Å². The minimum Gasteiger partial charge on any atom is -0.493 e. The number of hydrogen-bond donors (Lipinski definition) is 0. The Kier molecular flexibility index (Phi) is 8.58. The van der Waals surface area contributed by atoms with Crippen LogP contribution in [0.25, 0.3) is 5.57 Å². The molecule has 0 aliphatic carbocycles. The van der Waals surface area contributed by atoms with Crippen LogP contribution in [0.3, 0.4) is 0 Å². The number of rotatable bonds is 9. The molecular formula is C19H26O4. The van der Waals surface area contributed by atoms with E-state index in [0.717, 1.165) is 30.4 Å². The van der Waals surface area contributed by atoms with Gasteiger partial charge in [-0.15, -0.1) is 0 Å². The molecule has 0 aromatic heterocycles. The van der Waals surface area contributed by atoms with Gasteiger partial charge in [-0.3, -0.25) is 0 Å². The SMILES string of the molecule is CCCCCC(=CC=CC(=O)OC)c1ccc(OC)c(OC)c1. The minimum absolute atomic E-state index is 0.360. The molecule has 0 heterocycles.